The molecule has 0 radical (unpaired) electrons. The molecule has 3 rings (SSSR count). The summed E-state index contributed by atoms with van der Waals surface area (Å²) < 4.78 is 4.35. The monoisotopic (exact) mass is 353 g/mol. The van der Waals surface area contributed by atoms with E-state index >= 15 is 0 Å². The maximum Gasteiger partial charge on any atom is 0.305 e. The van der Waals surface area contributed by atoms with Crippen LogP contribution in [0.25, 0.3) is 0 Å². The number of esters is 1. The van der Waals surface area contributed by atoms with Crippen LogP contribution in [-0.4, -0.2) is 56.0 Å². The number of nitrogens with one attached hydrogen (secondary N) is 1. The van der Waals surface area contributed by atoms with Crippen LogP contribution in [-0.2, 0) is 19.1 Å². The fourth-order valence-corrected chi connectivity index (χ4v) is 3.82. The van der Waals surface area contributed by atoms with Crippen LogP contribution < -0.4 is 11.1 Å². The third-order valence-electron chi connectivity index (χ3n) is 5.72. The highest BCUT2D eigenvalue weighted by Crippen LogP contribution is 2.54. The van der Waals surface area contributed by atoms with Crippen LogP contribution in [0.1, 0.15) is 40.0 Å². The zero-order chi connectivity index (χ0) is 18.8. The van der Waals surface area contributed by atoms with Gasteiger partial charge < -0.3 is 20.7 Å². The molecule has 7 heteroatoms. The first-order chi connectivity index (χ1) is 11.7. The molecule has 1 aliphatic carbocycles. The van der Waals surface area contributed by atoms with Crippen LogP contribution in [0.15, 0.2) is 0 Å². The summed E-state index contributed by atoms with van der Waals surface area (Å²) in [4.78, 5) is 35.7. The highest BCUT2D eigenvalue weighted by molar-refractivity contribution is 5.84. The number of amides is 2. The SMILES string of the molecule is CC1(C)C[C@@H]1C(=O)N1CC2(CNCC2C(N)=O)C1.CCCC(=O)OC. The Labute approximate surface area is 149 Å². The van der Waals surface area contributed by atoms with Crippen molar-refractivity contribution in [2.75, 3.05) is 33.3 Å². The van der Waals surface area contributed by atoms with E-state index in [0.29, 0.717) is 26.1 Å². The second-order valence-electron chi connectivity index (χ2n) is 8.21. The molecule has 0 aromatic carbocycles. The van der Waals surface area contributed by atoms with Crippen molar-refractivity contribution in [1.82, 2.24) is 10.2 Å². The van der Waals surface area contributed by atoms with Gasteiger partial charge in [-0.2, -0.15) is 0 Å². The molecule has 2 heterocycles. The number of nitrogens with two attached hydrogens (primary N) is 1. The largest absolute Gasteiger partial charge is 0.469 e. The number of rotatable bonds is 4. The number of carbonyl (C=O) groups excluding carboxylic acids is 3. The second-order valence-corrected chi connectivity index (χ2v) is 8.21. The first-order valence-corrected chi connectivity index (χ1v) is 9.02. The Morgan fingerprint density at radius 1 is 1.24 bits per heavy atom. The number of likely N-dealkylation sites (tertiary alicyclic amines) is 1. The first-order valence-electron chi connectivity index (χ1n) is 9.02. The summed E-state index contributed by atoms with van der Waals surface area (Å²) in [7, 11) is 1.40. The third kappa shape index (κ3) is 4.14. The summed E-state index contributed by atoms with van der Waals surface area (Å²) in [5.41, 5.74) is 5.53. The van der Waals surface area contributed by atoms with Crippen molar-refractivity contribution in [3.8, 4) is 0 Å². The van der Waals surface area contributed by atoms with Crippen molar-refractivity contribution in [1.29, 1.82) is 0 Å². The lowest BCUT2D eigenvalue weighted by Gasteiger charge is -2.50. The molecule has 1 saturated carbocycles. The van der Waals surface area contributed by atoms with E-state index in [0.717, 1.165) is 19.4 Å². The second kappa shape index (κ2) is 7.32. The van der Waals surface area contributed by atoms with Crippen LogP contribution in [0.5, 0.6) is 0 Å². The van der Waals surface area contributed by atoms with Crippen molar-refractivity contribution in [3.63, 3.8) is 0 Å². The summed E-state index contributed by atoms with van der Waals surface area (Å²) in [6, 6.07) is 0. The Kier molecular flexibility index (Phi) is 5.76. The number of hydrogen-bond donors (Lipinski definition) is 2. The summed E-state index contributed by atoms with van der Waals surface area (Å²) in [6.07, 6.45) is 2.40. The molecule has 2 amide bonds. The minimum atomic E-state index is -0.237. The zero-order valence-electron chi connectivity index (χ0n) is 15.8. The van der Waals surface area contributed by atoms with Gasteiger partial charge in [-0.05, 0) is 18.3 Å². The number of hydrogen-bond acceptors (Lipinski definition) is 5. The van der Waals surface area contributed by atoms with Gasteiger partial charge in [-0.1, -0.05) is 20.8 Å². The van der Waals surface area contributed by atoms with Crippen LogP contribution in [0.3, 0.4) is 0 Å². The van der Waals surface area contributed by atoms with Crippen molar-refractivity contribution in [2.24, 2.45) is 28.4 Å². The Morgan fingerprint density at radius 3 is 2.24 bits per heavy atom. The van der Waals surface area contributed by atoms with Gasteiger partial charge in [-0.25, -0.2) is 0 Å². The Bertz CT molecular complexity index is 540. The summed E-state index contributed by atoms with van der Waals surface area (Å²) in [5, 5.41) is 3.23. The number of ether oxygens (including phenoxy) is 1. The predicted molar refractivity (Wildman–Crippen MR) is 93.4 cm³/mol. The predicted octanol–water partition coefficient (Wildman–Crippen LogP) is 0.525. The molecule has 3 aliphatic rings. The lowest BCUT2D eigenvalue weighted by molar-refractivity contribution is -0.150. The van der Waals surface area contributed by atoms with E-state index in [1.807, 2.05) is 11.8 Å². The topological polar surface area (TPSA) is 102 Å². The van der Waals surface area contributed by atoms with E-state index in [4.69, 9.17) is 5.73 Å². The minimum absolute atomic E-state index is 0.0828. The Hall–Kier alpha value is -1.63. The van der Waals surface area contributed by atoms with Crippen LogP contribution in [0, 0.1) is 22.7 Å². The fourth-order valence-electron chi connectivity index (χ4n) is 3.82. The van der Waals surface area contributed by atoms with E-state index < -0.39 is 0 Å². The van der Waals surface area contributed by atoms with Gasteiger partial charge in [0.25, 0.3) is 0 Å². The number of primary amides is 1. The lowest BCUT2D eigenvalue weighted by Crippen LogP contribution is -2.64. The Balaban J connectivity index is 0.000000277. The van der Waals surface area contributed by atoms with Crippen molar-refractivity contribution < 1.29 is 19.1 Å². The normalized spacial score (nSPS) is 27.8. The molecule has 2 aliphatic heterocycles. The Morgan fingerprint density at radius 2 is 1.84 bits per heavy atom. The lowest BCUT2D eigenvalue weighted by atomic mass is 9.71. The van der Waals surface area contributed by atoms with Crippen LogP contribution in [0.4, 0.5) is 0 Å². The zero-order valence-corrected chi connectivity index (χ0v) is 15.8. The van der Waals surface area contributed by atoms with Gasteiger partial charge in [0, 0.05) is 43.9 Å². The summed E-state index contributed by atoms with van der Waals surface area (Å²) in [6.45, 7) is 9.06. The van der Waals surface area contributed by atoms with Crippen LogP contribution >= 0.6 is 0 Å². The van der Waals surface area contributed by atoms with Crippen molar-refractivity contribution in [2.45, 2.75) is 40.0 Å². The molecule has 0 aromatic heterocycles. The van der Waals surface area contributed by atoms with E-state index in [2.05, 4.69) is 23.9 Å². The molecule has 0 bridgehead atoms. The van der Waals surface area contributed by atoms with E-state index in [9.17, 15) is 14.4 Å². The average molecular weight is 353 g/mol. The minimum Gasteiger partial charge on any atom is -0.469 e. The van der Waals surface area contributed by atoms with Gasteiger partial charge in [-0.3, -0.25) is 14.4 Å². The van der Waals surface area contributed by atoms with Crippen LogP contribution in [0.2, 0.25) is 0 Å². The highest BCUT2D eigenvalue weighted by Gasteiger charge is 2.59. The molecule has 0 aromatic rings. The molecular formula is C18H31N3O4. The standard InChI is InChI=1S/C13H21N3O2.C5H10O2/c1-12(2)3-8(12)11(18)16-6-13(7-16)5-15-4-9(13)10(14)17;1-3-4-5(6)7-2/h8-9,15H,3-7H2,1-2H3,(H2,14,17);3-4H2,1-2H3/t8-,9?;/m1./s1. The molecule has 1 unspecified atom stereocenters. The molecule has 2 atom stereocenters. The smallest absolute Gasteiger partial charge is 0.305 e. The van der Waals surface area contributed by atoms with E-state index in [1.54, 1.807) is 0 Å². The molecule has 2 saturated heterocycles. The summed E-state index contributed by atoms with van der Waals surface area (Å²) >= 11 is 0. The maximum atomic E-state index is 12.2. The van der Waals surface area contributed by atoms with E-state index in [-0.39, 0.29) is 40.4 Å². The van der Waals surface area contributed by atoms with Gasteiger partial charge in [-0.15, -0.1) is 0 Å². The van der Waals surface area contributed by atoms with Gasteiger partial charge in [0.2, 0.25) is 11.8 Å². The van der Waals surface area contributed by atoms with Gasteiger partial charge in [0.05, 0.1) is 13.0 Å². The summed E-state index contributed by atoms with van der Waals surface area (Å²) in [5.74, 6) is -0.0212. The molecule has 7 nitrogen and oxygen atoms in total. The molecule has 142 valence electrons. The average Bonchev–Trinajstić information content (AvgIpc) is 2.96. The maximum absolute atomic E-state index is 12.2. The van der Waals surface area contributed by atoms with Crippen molar-refractivity contribution >= 4 is 17.8 Å². The number of carbonyl (C=O) groups is 3. The quantitative estimate of drug-likeness (QED) is 0.718. The third-order valence-corrected chi connectivity index (χ3v) is 5.72. The number of nitrogens with zero attached hydrogens (tertiary/aromatic N) is 1. The molecular weight excluding hydrogens is 322 g/mol. The van der Waals surface area contributed by atoms with Gasteiger partial charge >= 0.3 is 5.97 Å². The molecule has 3 fully saturated rings. The number of methoxy groups -OCH3 is 1. The van der Waals surface area contributed by atoms with Gasteiger partial charge in [0.1, 0.15) is 0 Å². The highest BCUT2D eigenvalue weighted by atomic mass is 16.5. The molecule has 25 heavy (non-hydrogen) atoms. The first kappa shape index (κ1) is 19.7. The fraction of sp³-hybridized carbons (Fsp3) is 0.833. The molecule has 3 N–H and O–H groups in total. The van der Waals surface area contributed by atoms with Crippen molar-refractivity contribution in [3.05, 3.63) is 0 Å². The molecule has 1 spiro atoms. The van der Waals surface area contributed by atoms with Gasteiger partial charge in [0.15, 0.2) is 0 Å². The van der Waals surface area contributed by atoms with E-state index in [1.165, 1.54) is 7.11 Å².